The normalized spacial score (nSPS) is 11.6. The summed E-state index contributed by atoms with van der Waals surface area (Å²) in [5, 5.41) is 3.82. The molecule has 0 fully saturated rings. The number of furan rings is 1. The van der Waals surface area contributed by atoms with Crippen LogP contribution in [0.15, 0.2) is 53.2 Å². The average molecular weight is 363 g/mol. The maximum atomic E-state index is 12.0. The van der Waals surface area contributed by atoms with E-state index in [1.807, 2.05) is 45.9 Å². The molecule has 0 aliphatic carbocycles. The first-order valence-electron chi connectivity index (χ1n) is 9.26. The van der Waals surface area contributed by atoms with Crippen LogP contribution >= 0.6 is 0 Å². The van der Waals surface area contributed by atoms with Gasteiger partial charge in [-0.1, -0.05) is 30.3 Å². The largest absolute Gasteiger partial charge is 0.493 e. The molecule has 4 heteroatoms. The average Bonchev–Trinajstić information content (AvgIpc) is 3.09. The first-order chi connectivity index (χ1) is 13.1. The Kier molecular flexibility index (Phi) is 5.65. The van der Waals surface area contributed by atoms with Gasteiger partial charge < -0.3 is 14.5 Å². The number of benzene rings is 2. The van der Waals surface area contributed by atoms with E-state index in [4.69, 9.17) is 9.15 Å². The Morgan fingerprint density at radius 1 is 1.22 bits per heavy atom. The minimum absolute atomic E-state index is 0.106. The fraction of sp³-hybridized carbons (Fsp3) is 0.261. The zero-order valence-electron chi connectivity index (χ0n) is 16.3. The van der Waals surface area contributed by atoms with Crippen molar-refractivity contribution in [2.45, 2.75) is 27.7 Å². The van der Waals surface area contributed by atoms with Crippen LogP contribution in [0.2, 0.25) is 0 Å². The molecule has 0 saturated carbocycles. The van der Waals surface area contributed by atoms with Gasteiger partial charge in [0, 0.05) is 34.7 Å². The van der Waals surface area contributed by atoms with Crippen LogP contribution < -0.4 is 10.1 Å². The monoisotopic (exact) mass is 363 g/mol. The van der Waals surface area contributed by atoms with Crippen molar-refractivity contribution in [2.24, 2.45) is 0 Å². The molecule has 3 rings (SSSR count). The van der Waals surface area contributed by atoms with Gasteiger partial charge in [0.25, 0.3) is 0 Å². The van der Waals surface area contributed by atoms with Crippen LogP contribution in [0.25, 0.3) is 27.7 Å². The van der Waals surface area contributed by atoms with Crippen molar-refractivity contribution in [1.82, 2.24) is 5.32 Å². The molecule has 0 aliphatic heterocycles. The molecule has 0 radical (unpaired) electrons. The van der Waals surface area contributed by atoms with Crippen molar-refractivity contribution in [3.8, 4) is 16.9 Å². The number of likely N-dealkylation sites (N-methyl/N-ethyl adjacent to an activating group) is 1. The third-order valence-corrected chi connectivity index (χ3v) is 4.54. The van der Waals surface area contributed by atoms with Crippen LogP contribution in [0.4, 0.5) is 0 Å². The van der Waals surface area contributed by atoms with Crippen LogP contribution in [0.1, 0.15) is 31.9 Å². The predicted molar refractivity (Wildman–Crippen MR) is 110 cm³/mol. The number of allylic oxidation sites excluding steroid dienone is 1. The van der Waals surface area contributed by atoms with Crippen molar-refractivity contribution < 1.29 is 13.9 Å². The lowest BCUT2D eigenvalue weighted by Gasteiger charge is -2.15. The molecule has 1 amide bonds. The van der Waals surface area contributed by atoms with Crippen molar-refractivity contribution in [1.29, 1.82) is 0 Å². The number of rotatable bonds is 6. The molecule has 140 valence electrons. The summed E-state index contributed by atoms with van der Waals surface area (Å²) < 4.78 is 11.8. The summed E-state index contributed by atoms with van der Waals surface area (Å²) in [4.78, 5) is 12.0. The van der Waals surface area contributed by atoms with Crippen molar-refractivity contribution in [2.75, 3.05) is 13.2 Å². The Bertz CT molecular complexity index is 984. The number of hydrogen-bond donors (Lipinski definition) is 1. The van der Waals surface area contributed by atoms with Gasteiger partial charge in [0.15, 0.2) is 0 Å². The lowest BCUT2D eigenvalue weighted by atomic mass is 9.96. The highest BCUT2D eigenvalue weighted by Crippen LogP contribution is 2.40. The van der Waals surface area contributed by atoms with Crippen LogP contribution in [-0.2, 0) is 4.79 Å². The highest BCUT2D eigenvalue weighted by atomic mass is 16.5. The first kappa shape index (κ1) is 18.8. The summed E-state index contributed by atoms with van der Waals surface area (Å²) >= 11 is 0. The van der Waals surface area contributed by atoms with Crippen LogP contribution in [0, 0.1) is 6.92 Å². The van der Waals surface area contributed by atoms with E-state index in [2.05, 4.69) is 23.5 Å². The molecular formula is C23H25NO3. The Hall–Kier alpha value is -3.01. The number of fused-ring (bicyclic) bond motifs is 1. The second kappa shape index (κ2) is 8.12. The molecule has 4 nitrogen and oxygen atoms in total. The van der Waals surface area contributed by atoms with Crippen LogP contribution in [0.5, 0.6) is 5.75 Å². The lowest BCUT2D eigenvalue weighted by molar-refractivity contribution is -0.116. The summed E-state index contributed by atoms with van der Waals surface area (Å²) in [7, 11) is 0. The van der Waals surface area contributed by atoms with E-state index >= 15 is 0 Å². The molecule has 1 aromatic heterocycles. The molecule has 2 aromatic carbocycles. The van der Waals surface area contributed by atoms with E-state index in [9.17, 15) is 4.79 Å². The van der Waals surface area contributed by atoms with Gasteiger partial charge in [-0.15, -0.1) is 0 Å². The summed E-state index contributed by atoms with van der Waals surface area (Å²) in [5.41, 5.74) is 5.64. The Morgan fingerprint density at radius 3 is 2.63 bits per heavy atom. The third kappa shape index (κ3) is 3.75. The van der Waals surface area contributed by atoms with Gasteiger partial charge in [0.2, 0.25) is 5.91 Å². The van der Waals surface area contributed by atoms with Gasteiger partial charge in [-0.2, -0.15) is 0 Å². The van der Waals surface area contributed by atoms with Crippen LogP contribution in [-0.4, -0.2) is 19.1 Å². The van der Waals surface area contributed by atoms with Crippen molar-refractivity contribution in [3.05, 3.63) is 59.9 Å². The highest BCUT2D eigenvalue weighted by Gasteiger charge is 2.19. The maximum Gasteiger partial charge on any atom is 0.244 e. The fourth-order valence-electron chi connectivity index (χ4n) is 3.28. The van der Waals surface area contributed by atoms with E-state index in [0.29, 0.717) is 13.2 Å². The SMILES string of the molecule is CCNC(=O)/C=C(\C)c1cc2c(-c3ccccc3)coc2c(C)c1OCC. The number of amides is 1. The fourth-order valence-corrected chi connectivity index (χ4v) is 3.28. The minimum atomic E-state index is -0.106. The first-order valence-corrected chi connectivity index (χ1v) is 9.26. The number of carbonyl (C=O) groups excluding carboxylic acids is 1. The number of hydrogen-bond acceptors (Lipinski definition) is 3. The van der Waals surface area contributed by atoms with Crippen molar-refractivity contribution in [3.63, 3.8) is 0 Å². The highest BCUT2D eigenvalue weighted by molar-refractivity contribution is 6.01. The maximum absolute atomic E-state index is 12.0. The van der Waals surface area contributed by atoms with E-state index in [1.54, 1.807) is 12.3 Å². The van der Waals surface area contributed by atoms with Gasteiger partial charge >= 0.3 is 0 Å². The Balaban J connectivity index is 2.22. The molecule has 1 heterocycles. The second-order valence-corrected chi connectivity index (χ2v) is 6.43. The van der Waals surface area contributed by atoms with Gasteiger partial charge in [-0.05, 0) is 44.9 Å². The smallest absolute Gasteiger partial charge is 0.244 e. The van der Waals surface area contributed by atoms with E-state index in [0.717, 1.165) is 44.5 Å². The quantitative estimate of drug-likeness (QED) is 0.601. The standard InChI is InChI=1S/C23H25NO3/c1-5-24-21(25)12-15(3)18-13-19-20(17-10-8-7-9-11-17)14-27-23(19)16(4)22(18)26-6-2/h7-14H,5-6H2,1-4H3,(H,24,25)/b15-12+. The van der Waals surface area contributed by atoms with E-state index < -0.39 is 0 Å². The Morgan fingerprint density at radius 2 is 1.96 bits per heavy atom. The molecule has 0 unspecified atom stereocenters. The summed E-state index contributed by atoms with van der Waals surface area (Å²) in [6, 6.07) is 12.2. The van der Waals surface area contributed by atoms with Gasteiger partial charge in [-0.3, -0.25) is 4.79 Å². The minimum Gasteiger partial charge on any atom is -0.493 e. The molecule has 0 atom stereocenters. The molecule has 0 aliphatic rings. The van der Waals surface area contributed by atoms with Crippen LogP contribution in [0.3, 0.4) is 0 Å². The molecule has 3 aromatic rings. The third-order valence-electron chi connectivity index (χ3n) is 4.54. The van der Waals surface area contributed by atoms with Gasteiger partial charge in [0.05, 0.1) is 12.9 Å². The summed E-state index contributed by atoms with van der Waals surface area (Å²) in [6.07, 6.45) is 3.41. The van der Waals surface area contributed by atoms with Crippen molar-refractivity contribution >= 4 is 22.4 Å². The van der Waals surface area contributed by atoms with E-state index in [-0.39, 0.29) is 5.91 Å². The number of carbonyl (C=O) groups is 1. The van der Waals surface area contributed by atoms with Gasteiger partial charge in [-0.25, -0.2) is 0 Å². The molecular weight excluding hydrogens is 338 g/mol. The topological polar surface area (TPSA) is 51.5 Å². The molecule has 0 saturated heterocycles. The number of ether oxygens (including phenoxy) is 1. The summed E-state index contributed by atoms with van der Waals surface area (Å²) in [5.74, 6) is 0.655. The summed E-state index contributed by atoms with van der Waals surface area (Å²) in [6.45, 7) is 8.92. The molecule has 27 heavy (non-hydrogen) atoms. The molecule has 0 spiro atoms. The lowest BCUT2D eigenvalue weighted by Crippen LogP contribution is -2.20. The zero-order chi connectivity index (χ0) is 19.4. The zero-order valence-corrected chi connectivity index (χ0v) is 16.3. The number of aryl methyl sites for hydroxylation is 1. The Labute approximate surface area is 159 Å². The van der Waals surface area contributed by atoms with Gasteiger partial charge in [0.1, 0.15) is 11.3 Å². The molecule has 1 N–H and O–H groups in total. The second-order valence-electron chi connectivity index (χ2n) is 6.43. The van der Waals surface area contributed by atoms with E-state index in [1.165, 1.54) is 0 Å². The molecule has 0 bridgehead atoms. The predicted octanol–water partition coefficient (Wildman–Crippen LogP) is 5.35. The number of nitrogens with one attached hydrogen (secondary N) is 1.